The Bertz CT molecular complexity index is 649. The summed E-state index contributed by atoms with van der Waals surface area (Å²) in [5.74, 6) is -0.0828. The SMILES string of the molecule is CCc1sc(NC(=O)CCN)nc1-c1ccc(C)c(C)c1. The average molecular weight is 303 g/mol. The zero-order chi connectivity index (χ0) is 15.4. The molecule has 1 aromatic carbocycles. The Kier molecular flexibility index (Phi) is 5.09. The molecule has 0 aliphatic heterocycles. The van der Waals surface area contributed by atoms with Crippen LogP contribution in [0.4, 0.5) is 5.13 Å². The molecule has 0 aliphatic rings. The molecule has 2 rings (SSSR count). The van der Waals surface area contributed by atoms with E-state index in [0.29, 0.717) is 18.1 Å². The van der Waals surface area contributed by atoms with E-state index in [1.807, 2.05) is 0 Å². The maximum atomic E-state index is 11.6. The molecule has 5 heteroatoms. The number of thiazole rings is 1. The molecule has 112 valence electrons. The molecule has 2 aromatic rings. The Morgan fingerprint density at radius 2 is 2.10 bits per heavy atom. The number of nitrogens with one attached hydrogen (secondary N) is 1. The lowest BCUT2D eigenvalue weighted by Gasteiger charge is -2.04. The van der Waals surface area contributed by atoms with Gasteiger partial charge in [-0.25, -0.2) is 4.98 Å². The van der Waals surface area contributed by atoms with Crippen LogP contribution >= 0.6 is 11.3 Å². The third kappa shape index (κ3) is 3.68. The van der Waals surface area contributed by atoms with Gasteiger partial charge in [0, 0.05) is 23.4 Å². The molecule has 4 nitrogen and oxygen atoms in total. The van der Waals surface area contributed by atoms with E-state index in [4.69, 9.17) is 5.73 Å². The number of benzene rings is 1. The lowest BCUT2D eigenvalue weighted by Crippen LogP contribution is -2.15. The van der Waals surface area contributed by atoms with Gasteiger partial charge in [-0.2, -0.15) is 0 Å². The zero-order valence-electron chi connectivity index (χ0n) is 12.7. The van der Waals surface area contributed by atoms with Crippen molar-refractivity contribution in [1.82, 2.24) is 4.98 Å². The molecule has 0 saturated carbocycles. The topological polar surface area (TPSA) is 68.0 Å². The number of nitrogens with two attached hydrogens (primary N) is 1. The fourth-order valence-corrected chi connectivity index (χ4v) is 3.01. The molecular weight excluding hydrogens is 282 g/mol. The van der Waals surface area contributed by atoms with Gasteiger partial charge in [0.15, 0.2) is 5.13 Å². The van der Waals surface area contributed by atoms with Gasteiger partial charge in [0.2, 0.25) is 5.91 Å². The van der Waals surface area contributed by atoms with Gasteiger partial charge in [0.1, 0.15) is 0 Å². The monoisotopic (exact) mass is 303 g/mol. The van der Waals surface area contributed by atoms with Gasteiger partial charge < -0.3 is 11.1 Å². The first kappa shape index (κ1) is 15.7. The molecule has 1 amide bonds. The Hall–Kier alpha value is -1.72. The van der Waals surface area contributed by atoms with Crippen molar-refractivity contribution < 1.29 is 4.79 Å². The number of rotatable bonds is 5. The van der Waals surface area contributed by atoms with E-state index in [1.54, 1.807) is 0 Å². The van der Waals surface area contributed by atoms with Crippen LogP contribution in [-0.4, -0.2) is 17.4 Å². The molecule has 0 radical (unpaired) electrons. The van der Waals surface area contributed by atoms with Crippen LogP contribution in [-0.2, 0) is 11.2 Å². The van der Waals surface area contributed by atoms with Crippen LogP contribution in [0.3, 0.4) is 0 Å². The first-order valence-corrected chi connectivity index (χ1v) is 7.94. The van der Waals surface area contributed by atoms with Crippen LogP contribution < -0.4 is 11.1 Å². The van der Waals surface area contributed by atoms with E-state index in [2.05, 4.69) is 49.3 Å². The predicted molar refractivity (Wildman–Crippen MR) is 88.7 cm³/mol. The standard InChI is InChI=1S/C16H21N3OS/c1-4-13-15(12-6-5-10(2)11(3)9-12)19-16(21-13)18-14(20)7-8-17/h5-6,9H,4,7-8,17H2,1-3H3,(H,18,19,20). The van der Waals surface area contributed by atoms with Crippen molar-refractivity contribution >= 4 is 22.4 Å². The van der Waals surface area contributed by atoms with Crippen molar-refractivity contribution in [2.24, 2.45) is 5.73 Å². The summed E-state index contributed by atoms with van der Waals surface area (Å²) in [6, 6.07) is 6.34. The summed E-state index contributed by atoms with van der Waals surface area (Å²) in [6.45, 7) is 6.64. The number of hydrogen-bond acceptors (Lipinski definition) is 4. The second-order valence-electron chi connectivity index (χ2n) is 5.03. The van der Waals surface area contributed by atoms with Crippen LogP contribution in [0.15, 0.2) is 18.2 Å². The third-order valence-corrected chi connectivity index (χ3v) is 4.53. The van der Waals surface area contributed by atoms with Gasteiger partial charge >= 0.3 is 0 Å². The predicted octanol–water partition coefficient (Wildman–Crippen LogP) is 3.28. The van der Waals surface area contributed by atoms with E-state index in [1.165, 1.54) is 27.3 Å². The minimum Gasteiger partial charge on any atom is -0.330 e. The normalized spacial score (nSPS) is 10.7. The fourth-order valence-electron chi connectivity index (χ4n) is 2.07. The van der Waals surface area contributed by atoms with Crippen molar-refractivity contribution in [2.45, 2.75) is 33.6 Å². The summed E-state index contributed by atoms with van der Waals surface area (Å²) in [4.78, 5) is 17.4. The molecule has 0 unspecified atom stereocenters. The van der Waals surface area contributed by atoms with E-state index in [-0.39, 0.29) is 5.91 Å². The molecule has 21 heavy (non-hydrogen) atoms. The van der Waals surface area contributed by atoms with Gasteiger partial charge in [0.05, 0.1) is 5.69 Å². The zero-order valence-corrected chi connectivity index (χ0v) is 13.5. The Labute approximate surface area is 129 Å². The number of hydrogen-bond donors (Lipinski definition) is 2. The molecule has 0 bridgehead atoms. The molecule has 3 N–H and O–H groups in total. The summed E-state index contributed by atoms with van der Waals surface area (Å²) < 4.78 is 0. The molecule has 0 aliphatic carbocycles. The highest BCUT2D eigenvalue weighted by atomic mass is 32.1. The van der Waals surface area contributed by atoms with Crippen LogP contribution in [0.1, 0.15) is 29.3 Å². The highest BCUT2D eigenvalue weighted by Gasteiger charge is 2.14. The summed E-state index contributed by atoms with van der Waals surface area (Å²) in [5, 5.41) is 3.47. The highest BCUT2D eigenvalue weighted by molar-refractivity contribution is 7.16. The van der Waals surface area contributed by atoms with Gasteiger partial charge in [0.25, 0.3) is 0 Å². The summed E-state index contributed by atoms with van der Waals surface area (Å²) in [5.41, 5.74) is 9.97. The lowest BCUT2D eigenvalue weighted by molar-refractivity contribution is -0.116. The van der Waals surface area contributed by atoms with Crippen molar-refractivity contribution in [3.63, 3.8) is 0 Å². The minimum atomic E-state index is -0.0828. The van der Waals surface area contributed by atoms with E-state index < -0.39 is 0 Å². The molecule has 1 aromatic heterocycles. The molecular formula is C16H21N3OS. The number of amides is 1. The minimum absolute atomic E-state index is 0.0828. The second kappa shape index (κ2) is 6.83. The maximum absolute atomic E-state index is 11.6. The van der Waals surface area contributed by atoms with Gasteiger partial charge in [-0.15, -0.1) is 11.3 Å². The number of anilines is 1. The average Bonchev–Trinajstić information content (AvgIpc) is 2.85. The Morgan fingerprint density at radius 3 is 2.71 bits per heavy atom. The fraction of sp³-hybridized carbons (Fsp3) is 0.375. The second-order valence-corrected chi connectivity index (χ2v) is 6.11. The van der Waals surface area contributed by atoms with E-state index in [0.717, 1.165) is 17.7 Å². The maximum Gasteiger partial charge on any atom is 0.227 e. The summed E-state index contributed by atoms with van der Waals surface area (Å²) in [7, 11) is 0. The number of carbonyl (C=O) groups is 1. The van der Waals surface area contributed by atoms with Gasteiger partial charge in [-0.05, 0) is 37.5 Å². The molecule has 0 atom stereocenters. The molecule has 1 heterocycles. The number of nitrogens with zero attached hydrogens (tertiary/aromatic N) is 1. The number of aromatic nitrogens is 1. The van der Waals surface area contributed by atoms with Crippen LogP contribution in [0.5, 0.6) is 0 Å². The molecule has 0 spiro atoms. The Morgan fingerprint density at radius 1 is 1.33 bits per heavy atom. The smallest absolute Gasteiger partial charge is 0.227 e. The van der Waals surface area contributed by atoms with Gasteiger partial charge in [-0.1, -0.05) is 19.1 Å². The van der Waals surface area contributed by atoms with Crippen LogP contribution in [0, 0.1) is 13.8 Å². The highest BCUT2D eigenvalue weighted by Crippen LogP contribution is 2.32. The van der Waals surface area contributed by atoms with E-state index >= 15 is 0 Å². The lowest BCUT2D eigenvalue weighted by atomic mass is 10.0. The number of carbonyl (C=O) groups excluding carboxylic acids is 1. The van der Waals surface area contributed by atoms with E-state index in [9.17, 15) is 4.79 Å². The van der Waals surface area contributed by atoms with Crippen LogP contribution in [0.2, 0.25) is 0 Å². The van der Waals surface area contributed by atoms with Crippen LogP contribution in [0.25, 0.3) is 11.3 Å². The largest absolute Gasteiger partial charge is 0.330 e. The molecule has 0 saturated heterocycles. The van der Waals surface area contributed by atoms with Crippen molar-refractivity contribution in [1.29, 1.82) is 0 Å². The quantitative estimate of drug-likeness (QED) is 0.890. The van der Waals surface area contributed by atoms with Gasteiger partial charge in [-0.3, -0.25) is 4.79 Å². The van der Waals surface area contributed by atoms with Crippen molar-refractivity contribution in [3.05, 3.63) is 34.2 Å². The Balaban J connectivity index is 2.32. The summed E-state index contributed by atoms with van der Waals surface area (Å²) >= 11 is 1.53. The first-order valence-electron chi connectivity index (χ1n) is 7.12. The third-order valence-electron chi connectivity index (χ3n) is 3.42. The summed E-state index contributed by atoms with van der Waals surface area (Å²) in [6.07, 6.45) is 1.21. The van der Waals surface area contributed by atoms with Crippen molar-refractivity contribution in [2.75, 3.05) is 11.9 Å². The first-order chi connectivity index (χ1) is 10.0. The molecule has 0 fully saturated rings. The number of aryl methyl sites for hydroxylation is 3. The van der Waals surface area contributed by atoms with Crippen molar-refractivity contribution in [3.8, 4) is 11.3 Å².